The quantitative estimate of drug-likeness (QED) is 0.776. The second-order valence-corrected chi connectivity index (χ2v) is 6.80. The molecule has 29 heavy (non-hydrogen) atoms. The summed E-state index contributed by atoms with van der Waals surface area (Å²) in [6, 6.07) is 14.4. The van der Waals surface area contributed by atoms with Crippen molar-refractivity contribution in [3.63, 3.8) is 0 Å². The molecule has 1 saturated heterocycles. The summed E-state index contributed by atoms with van der Waals surface area (Å²) in [7, 11) is 3.09. The lowest BCUT2D eigenvalue weighted by atomic mass is 10.0. The Balaban J connectivity index is 1.47. The largest absolute Gasteiger partial charge is 0.493 e. The van der Waals surface area contributed by atoms with Gasteiger partial charge in [0, 0.05) is 24.7 Å². The smallest absolute Gasteiger partial charge is 0.260 e. The first-order chi connectivity index (χ1) is 14.1. The molecule has 0 radical (unpaired) electrons. The highest BCUT2D eigenvalue weighted by Gasteiger charge is 2.24. The molecule has 1 fully saturated rings. The highest BCUT2D eigenvalue weighted by atomic mass is 16.5. The number of amides is 2. The van der Waals surface area contributed by atoms with Crippen molar-refractivity contribution in [1.29, 1.82) is 0 Å². The van der Waals surface area contributed by atoms with Gasteiger partial charge in [-0.3, -0.25) is 9.59 Å². The van der Waals surface area contributed by atoms with Crippen molar-refractivity contribution in [1.82, 2.24) is 10.2 Å². The van der Waals surface area contributed by atoms with Gasteiger partial charge in [0.25, 0.3) is 11.8 Å². The van der Waals surface area contributed by atoms with Crippen molar-refractivity contribution < 1.29 is 23.8 Å². The summed E-state index contributed by atoms with van der Waals surface area (Å²) in [4.78, 5) is 26.7. The summed E-state index contributed by atoms with van der Waals surface area (Å²) >= 11 is 0. The minimum absolute atomic E-state index is 0.0205. The second-order valence-electron chi connectivity index (χ2n) is 6.80. The Hall–Kier alpha value is -3.22. The first-order valence-electron chi connectivity index (χ1n) is 9.59. The molecule has 7 heteroatoms. The minimum Gasteiger partial charge on any atom is -0.493 e. The zero-order valence-electron chi connectivity index (χ0n) is 16.7. The normalized spacial score (nSPS) is 14.2. The van der Waals surface area contributed by atoms with E-state index < -0.39 is 0 Å². The lowest BCUT2D eigenvalue weighted by Crippen LogP contribution is -2.47. The summed E-state index contributed by atoms with van der Waals surface area (Å²) in [6.45, 7) is 1.20. The molecule has 2 amide bonds. The minimum atomic E-state index is -0.164. The molecule has 0 aliphatic carbocycles. The van der Waals surface area contributed by atoms with Crippen LogP contribution in [-0.4, -0.2) is 56.7 Å². The van der Waals surface area contributed by atoms with Crippen molar-refractivity contribution in [2.45, 2.75) is 18.9 Å². The fourth-order valence-corrected chi connectivity index (χ4v) is 3.27. The van der Waals surface area contributed by atoms with Crippen LogP contribution in [-0.2, 0) is 4.79 Å². The Morgan fingerprint density at radius 1 is 1.00 bits per heavy atom. The molecular weight excluding hydrogens is 372 g/mol. The molecule has 7 nitrogen and oxygen atoms in total. The zero-order valence-corrected chi connectivity index (χ0v) is 16.7. The number of hydrogen-bond donors (Lipinski definition) is 1. The molecule has 2 aromatic rings. The van der Waals surface area contributed by atoms with Crippen molar-refractivity contribution in [3.05, 3.63) is 54.1 Å². The fraction of sp³-hybridized carbons (Fsp3) is 0.364. The summed E-state index contributed by atoms with van der Waals surface area (Å²) in [5.41, 5.74) is 0.511. The predicted octanol–water partition coefficient (Wildman–Crippen LogP) is 2.50. The van der Waals surface area contributed by atoms with Crippen molar-refractivity contribution >= 4 is 11.8 Å². The summed E-state index contributed by atoms with van der Waals surface area (Å²) in [5, 5.41) is 3.04. The van der Waals surface area contributed by atoms with Gasteiger partial charge >= 0.3 is 0 Å². The van der Waals surface area contributed by atoms with Gasteiger partial charge in [0.2, 0.25) is 0 Å². The number of likely N-dealkylation sites (tertiary alicyclic amines) is 1. The molecule has 1 N–H and O–H groups in total. The Labute approximate surface area is 170 Å². The van der Waals surface area contributed by atoms with Gasteiger partial charge in [-0.1, -0.05) is 18.2 Å². The third-order valence-corrected chi connectivity index (χ3v) is 4.93. The third kappa shape index (κ3) is 5.40. The molecule has 3 rings (SSSR count). The molecule has 0 atom stereocenters. The van der Waals surface area contributed by atoms with Crippen LogP contribution in [0.5, 0.6) is 17.2 Å². The Morgan fingerprint density at radius 3 is 2.34 bits per heavy atom. The Kier molecular flexibility index (Phi) is 6.94. The molecule has 0 saturated carbocycles. The number of methoxy groups -OCH3 is 2. The lowest BCUT2D eigenvalue weighted by Gasteiger charge is -2.32. The second kappa shape index (κ2) is 9.82. The number of rotatable bonds is 7. The van der Waals surface area contributed by atoms with Crippen LogP contribution in [0.2, 0.25) is 0 Å². The molecule has 0 bridgehead atoms. The summed E-state index contributed by atoms with van der Waals surface area (Å²) in [6.07, 6.45) is 1.41. The number of benzene rings is 2. The first kappa shape index (κ1) is 20.5. The fourth-order valence-electron chi connectivity index (χ4n) is 3.27. The SMILES string of the molecule is COc1ccc(C(=O)NC2CCN(C(=O)COc3ccccc3)CC2)cc1OC. The average molecular weight is 398 g/mol. The van der Waals surface area contributed by atoms with Gasteiger partial charge in [-0.15, -0.1) is 0 Å². The zero-order chi connectivity index (χ0) is 20.6. The number of carbonyl (C=O) groups is 2. The molecule has 1 aliphatic rings. The van der Waals surface area contributed by atoms with Crippen LogP contribution in [0, 0.1) is 0 Å². The van der Waals surface area contributed by atoms with E-state index >= 15 is 0 Å². The van der Waals surface area contributed by atoms with E-state index in [9.17, 15) is 9.59 Å². The van der Waals surface area contributed by atoms with Crippen LogP contribution in [0.15, 0.2) is 48.5 Å². The standard InChI is InChI=1S/C22H26N2O5/c1-27-19-9-8-16(14-20(19)28-2)22(26)23-17-10-12-24(13-11-17)21(25)15-29-18-6-4-3-5-7-18/h3-9,14,17H,10-13,15H2,1-2H3,(H,23,26). The maximum atomic E-state index is 12.5. The van der Waals surface area contributed by atoms with Gasteiger partial charge < -0.3 is 24.4 Å². The van der Waals surface area contributed by atoms with E-state index in [1.807, 2.05) is 30.3 Å². The number of para-hydroxylation sites is 1. The van der Waals surface area contributed by atoms with Crippen LogP contribution in [0.3, 0.4) is 0 Å². The summed E-state index contributed by atoms with van der Waals surface area (Å²) < 4.78 is 16.0. The average Bonchev–Trinajstić information content (AvgIpc) is 2.78. The van der Waals surface area contributed by atoms with E-state index in [2.05, 4.69) is 5.32 Å². The van der Waals surface area contributed by atoms with E-state index in [0.29, 0.717) is 48.7 Å². The molecular formula is C22H26N2O5. The monoisotopic (exact) mass is 398 g/mol. The molecule has 154 valence electrons. The first-order valence-corrected chi connectivity index (χ1v) is 9.59. The van der Waals surface area contributed by atoms with Crippen LogP contribution < -0.4 is 19.5 Å². The van der Waals surface area contributed by atoms with Crippen LogP contribution in [0.25, 0.3) is 0 Å². The van der Waals surface area contributed by atoms with Crippen molar-refractivity contribution in [2.75, 3.05) is 33.9 Å². The Bertz CT molecular complexity index is 832. The third-order valence-electron chi connectivity index (χ3n) is 4.93. The topological polar surface area (TPSA) is 77.1 Å². The number of ether oxygens (including phenoxy) is 3. The number of hydrogen-bond acceptors (Lipinski definition) is 5. The van der Waals surface area contributed by atoms with E-state index in [1.165, 1.54) is 7.11 Å². The number of carbonyl (C=O) groups excluding carboxylic acids is 2. The van der Waals surface area contributed by atoms with Gasteiger partial charge in [0.15, 0.2) is 18.1 Å². The molecule has 1 aliphatic heterocycles. The maximum Gasteiger partial charge on any atom is 0.260 e. The lowest BCUT2D eigenvalue weighted by molar-refractivity contribution is -0.134. The van der Waals surface area contributed by atoms with Crippen molar-refractivity contribution in [2.24, 2.45) is 0 Å². The van der Waals surface area contributed by atoms with Crippen LogP contribution >= 0.6 is 0 Å². The number of piperidine rings is 1. The van der Waals surface area contributed by atoms with Crippen LogP contribution in [0.4, 0.5) is 0 Å². The molecule has 1 heterocycles. The van der Waals surface area contributed by atoms with E-state index in [4.69, 9.17) is 14.2 Å². The molecule has 2 aromatic carbocycles. The molecule has 0 aromatic heterocycles. The van der Waals surface area contributed by atoms with Crippen LogP contribution in [0.1, 0.15) is 23.2 Å². The highest BCUT2D eigenvalue weighted by Crippen LogP contribution is 2.27. The Morgan fingerprint density at radius 2 is 1.69 bits per heavy atom. The molecule has 0 unspecified atom stereocenters. The van der Waals surface area contributed by atoms with E-state index in [0.717, 1.165) is 0 Å². The van der Waals surface area contributed by atoms with E-state index in [1.54, 1.807) is 30.2 Å². The number of nitrogens with one attached hydrogen (secondary N) is 1. The van der Waals surface area contributed by atoms with Gasteiger partial charge in [-0.2, -0.15) is 0 Å². The number of nitrogens with zero attached hydrogens (tertiary/aromatic N) is 1. The summed E-state index contributed by atoms with van der Waals surface area (Å²) in [5.74, 6) is 1.56. The van der Waals surface area contributed by atoms with Gasteiger partial charge in [-0.05, 0) is 43.2 Å². The van der Waals surface area contributed by atoms with Gasteiger partial charge in [-0.25, -0.2) is 0 Å². The van der Waals surface area contributed by atoms with Gasteiger partial charge in [0.1, 0.15) is 5.75 Å². The van der Waals surface area contributed by atoms with E-state index in [-0.39, 0.29) is 24.5 Å². The maximum absolute atomic E-state index is 12.5. The highest BCUT2D eigenvalue weighted by molar-refractivity contribution is 5.95. The van der Waals surface area contributed by atoms with Gasteiger partial charge in [0.05, 0.1) is 14.2 Å². The van der Waals surface area contributed by atoms with Crippen molar-refractivity contribution in [3.8, 4) is 17.2 Å². The predicted molar refractivity (Wildman–Crippen MR) is 109 cm³/mol. The molecule has 0 spiro atoms.